The molecule has 138 valence electrons. The molecule has 1 N–H and O–H groups in total. The van der Waals surface area contributed by atoms with Crippen molar-refractivity contribution in [2.24, 2.45) is 5.10 Å². The minimum Gasteiger partial charge on any atom is -0.457 e. The van der Waals surface area contributed by atoms with Gasteiger partial charge in [0.05, 0.1) is 22.5 Å². The fraction of sp³-hybridized carbons (Fsp3) is 0.0500. The van der Waals surface area contributed by atoms with E-state index < -0.39 is 11.7 Å². The van der Waals surface area contributed by atoms with E-state index >= 15 is 0 Å². The van der Waals surface area contributed by atoms with Gasteiger partial charge in [0.2, 0.25) is 0 Å². The summed E-state index contributed by atoms with van der Waals surface area (Å²) in [6.07, 6.45) is -2.98. The molecular weight excluding hydrogens is 377 g/mol. The van der Waals surface area contributed by atoms with E-state index in [9.17, 15) is 13.2 Å². The van der Waals surface area contributed by atoms with Crippen LogP contribution in [0.4, 0.5) is 18.9 Å². The van der Waals surface area contributed by atoms with Crippen molar-refractivity contribution in [1.29, 1.82) is 0 Å². The normalized spacial score (nSPS) is 11.6. The second-order valence-electron chi connectivity index (χ2n) is 5.55. The van der Waals surface area contributed by atoms with Crippen molar-refractivity contribution in [1.82, 2.24) is 0 Å². The average molecular weight is 391 g/mol. The maximum atomic E-state index is 12.8. The van der Waals surface area contributed by atoms with Crippen molar-refractivity contribution < 1.29 is 17.9 Å². The summed E-state index contributed by atoms with van der Waals surface area (Å²) in [4.78, 5) is 0. The van der Waals surface area contributed by atoms with Gasteiger partial charge in [0.15, 0.2) is 0 Å². The number of hydrogen-bond acceptors (Lipinski definition) is 3. The number of ether oxygens (including phenoxy) is 1. The van der Waals surface area contributed by atoms with Crippen LogP contribution in [-0.4, -0.2) is 6.21 Å². The highest BCUT2D eigenvalue weighted by Crippen LogP contribution is 2.33. The molecular formula is C20H14ClF3N2O. The van der Waals surface area contributed by atoms with E-state index in [2.05, 4.69) is 10.5 Å². The number of nitrogens with zero attached hydrogens (tertiary/aromatic N) is 1. The number of hydrogen-bond donors (Lipinski definition) is 1. The monoisotopic (exact) mass is 390 g/mol. The molecule has 0 aliphatic rings. The lowest BCUT2D eigenvalue weighted by Crippen LogP contribution is -2.05. The van der Waals surface area contributed by atoms with Crippen LogP contribution in [0.1, 0.15) is 11.1 Å². The van der Waals surface area contributed by atoms with Crippen LogP contribution in [0.5, 0.6) is 11.5 Å². The molecule has 0 radical (unpaired) electrons. The molecule has 0 unspecified atom stereocenters. The molecule has 0 saturated heterocycles. The first-order valence-electron chi connectivity index (χ1n) is 7.90. The number of rotatable bonds is 5. The molecule has 3 aromatic carbocycles. The molecule has 0 aliphatic heterocycles. The Hall–Kier alpha value is -2.99. The van der Waals surface area contributed by atoms with Crippen LogP contribution in [0, 0.1) is 0 Å². The Labute approximate surface area is 159 Å². The Morgan fingerprint density at radius 3 is 2.37 bits per heavy atom. The Morgan fingerprint density at radius 2 is 1.63 bits per heavy atom. The molecule has 0 aromatic heterocycles. The molecule has 0 bridgehead atoms. The van der Waals surface area contributed by atoms with Crippen molar-refractivity contribution in [3.8, 4) is 11.5 Å². The summed E-state index contributed by atoms with van der Waals surface area (Å²) in [5.74, 6) is 1.31. The number of alkyl halides is 3. The van der Waals surface area contributed by atoms with E-state index in [1.807, 2.05) is 30.3 Å². The van der Waals surface area contributed by atoms with Gasteiger partial charge in [-0.1, -0.05) is 41.9 Å². The summed E-state index contributed by atoms with van der Waals surface area (Å²) in [6, 6.07) is 19.4. The number of nitrogens with one attached hydrogen (secondary N) is 1. The van der Waals surface area contributed by atoms with E-state index in [0.29, 0.717) is 17.1 Å². The van der Waals surface area contributed by atoms with Gasteiger partial charge >= 0.3 is 6.18 Å². The molecule has 0 atom stereocenters. The zero-order valence-electron chi connectivity index (χ0n) is 13.9. The first-order chi connectivity index (χ1) is 12.9. The third kappa shape index (κ3) is 5.24. The maximum absolute atomic E-state index is 12.8. The second-order valence-corrected chi connectivity index (χ2v) is 5.96. The lowest BCUT2D eigenvalue weighted by Gasteiger charge is -2.10. The van der Waals surface area contributed by atoms with Crippen LogP contribution in [0.25, 0.3) is 0 Å². The van der Waals surface area contributed by atoms with Gasteiger partial charge in [-0.05, 0) is 48.0 Å². The van der Waals surface area contributed by atoms with E-state index in [-0.39, 0.29) is 10.7 Å². The Bertz CT molecular complexity index is 943. The van der Waals surface area contributed by atoms with E-state index in [4.69, 9.17) is 16.3 Å². The van der Waals surface area contributed by atoms with Gasteiger partial charge in [0.1, 0.15) is 11.5 Å². The molecule has 0 amide bonds. The zero-order chi connectivity index (χ0) is 19.3. The number of anilines is 1. The van der Waals surface area contributed by atoms with Gasteiger partial charge in [-0.2, -0.15) is 18.3 Å². The first-order valence-corrected chi connectivity index (χ1v) is 8.28. The van der Waals surface area contributed by atoms with Crippen LogP contribution < -0.4 is 10.2 Å². The van der Waals surface area contributed by atoms with Gasteiger partial charge in [0.25, 0.3) is 0 Å². The van der Waals surface area contributed by atoms with Crippen molar-refractivity contribution in [3.63, 3.8) is 0 Å². The summed E-state index contributed by atoms with van der Waals surface area (Å²) in [5.41, 5.74) is 2.51. The predicted molar refractivity (Wildman–Crippen MR) is 101 cm³/mol. The molecule has 3 nitrogen and oxygen atoms in total. The number of benzene rings is 3. The summed E-state index contributed by atoms with van der Waals surface area (Å²) in [5, 5.41) is 4.10. The predicted octanol–water partition coefficient (Wildman–Crippen LogP) is 6.60. The average Bonchev–Trinajstić information content (AvgIpc) is 2.63. The summed E-state index contributed by atoms with van der Waals surface area (Å²) >= 11 is 5.92. The van der Waals surface area contributed by atoms with Gasteiger partial charge in [0, 0.05) is 0 Å². The van der Waals surface area contributed by atoms with Crippen LogP contribution in [0.2, 0.25) is 5.02 Å². The smallest absolute Gasteiger partial charge is 0.416 e. The molecule has 0 heterocycles. The molecule has 0 saturated carbocycles. The van der Waals surface area contributed by atoms with Gasteiger partial charge < -0.3 is 4.74 Å². The van der Waals surface area contributed by atoms with E-state index in [1.165, 1.54) is 12.3 Å². The topological polar surface area (TPSA) is 33.6 Å². The van der Waals surface area contributed by atoms with Gasteiger partial charge in [-0.3, -0.25) is 5.43 Å². The minimum absolute atomic E-state index is 0.0689. The van der Waals surface area contributed by atoms with E-state index in [1.54, 1.807) is 24.3 Å². The Balaban J connectivity index is 1.71. The lowest BCUT2D eigenvalue weighted by atomic mass is 10.2. The first kappa shape index (κ1) is 18.8. The van der Waals surface area contributed by atoms with Crippen molar-refractivity contribution in [3.05, 3.63) is 88.9 Å². The van der Waals surface area contributed by atoms with Crippen molar-refractivity contribution >= 4 is 23.5 Å². The molecule has 0 aliphatic carbocycles. The summed E-state index contributed by atoms with van der Waals surface area (Å²) in [7, 11) is 0. The molecule has 27 heavy (non-hydrogen) atoms. The fourth-order valence-corrected chi connectivity index (χ4v) is 2.41. The van der Waals surface area contributed by atoms with Crippen molar-refractivity contribution in [2.75, 3.05) is 5.43 Å². The third-order valence-corrected chi connectivity index (χ3v) is 3.86. The van der Waals surface area contributed by atoms with Gasteiger partial charge in [-0.15, -0.1) is 0 Å². The second kappa shape index (κ2) is 8.14. The minimum atomic E-state index is -4.45. The SMILES string of the molecule is FC(F)(F)c1ccc(Cl)c(NN=Cc2cccc(Oc3ccccc3)c2)c1. The zero-order valence-corrected chi connectivity index (χ0v) is 14.6. The number of halogens is 4. The largest absolute Gasteiger partial charge is 0.457 e. The van der Waals surface area contributed by atoms with Crippen LogP contribution in [-0.2, 0) is 6.18 Å². The molecule has 3 aromatic rings. The molecule has 3 rings (SSSR count). The third-order valence-electron chi connectivity index (χ3n) is 3.53. The lowest BCUT2D eigenvalue weighted by molar-refractivity contribution is -0.137. The maximum Gasteiger partial charge on any atom is 0.416 e. The highest BCUT2D eigenvalue weighted by Gasteiger charge is 2.30. The van der Waals surface area contributed by atoms with Crippen LogP contribution in [0.3, 0.4) is 0 Å². The summed E-state index contributed by atoms with van der Waals surface area (Å²) in [6.45, 7) is 0. The molecule has 0 spiro atoms. The van der Waals surface area contributed by atoms with E-state index in [0.717, 1.165) is 12.1 Å². The Morgan fingerprint density at radius 1 is 0.889 bits per heavy atom. The Kier molecular flexibility index (Phi) is 5.66. The standard InChI is InChI=1S/C20H14ClF3N2O/c21-18-10-9-15(20(22,23)24)12-19(18)26-25-13-14-5-4-8-17(11-14)27-16-6-2-1-3-7-16/h1-13,26H. The molecule has 0 fully saturated rings. The number of hydrazone groups is 1. The van der Waals surface area contributed by atoms with Gasteiger partial charge in [-0.25, -0.2) is 0 Å². The van der Waals surface area contributed by atoms with Crippen LogP contribution >= 0.6 is 11.6 Å². The van der Waals surface area contributed by atoms with Crippen LogP contribution in [0.15, 0.2) is 77.9 Å². The quantitative estimate of drug-likeness (QED) is 0.393. The fourth-order valence-electron chi connectivity index (χ4n) is 2.25. The van der Waals surface area contributed by atoms with Crippen molar-refractivity contribution in [2.45, 2.75) is 6.18 Å². The molecule has 7 heteroatoms. The summed E-state index contributed by atoms with van der Waals surface area (Å²) < 4.78 is 44.1. The number of para-hydroxylation sites is 1. The highest BCUT2D eigenvalue weighted by molar-refractivity contribution is 6.33. The highest BCUT2D eigenvalue weighted by atomic mass is 35.5.